The van der Waals surface area contributed by atoms with Crippen LogP contribution in [0.15, 0.2) is 18.2 Å². The van der Waals surface area contributed by atoms with Gasteiger partial charge < -0.3 is 20.3 Å². The van der Waals surface area contributed by atoms with E-state index in [0.717, 1.165) is 0 Å². The molecule has 110 valence electrons. The Balaban J connectivity index is 2.84. The minimum absolute atomic E-state index is 0.0195. The first kappa shape index (κ1) is 15.8. The molecular weight excluding hydrogens is 262 g/mol. The number of carbonyl (C=O) groups excluding carboxylic acids is 1. The van der Waals surface area contributed by atoms with Crippen LogP contribution in [0.2, 0.25) is 0 Å². The van der Waals surface area contributed by atoms with Gasteiger partial charge in [-0.15, -0.1) is 0 Å². The van der Waals surface area contributed by atoms with Gasteiger partial charge in [0.15, 0.2) is 0 Å². The molecule has 0 bridgehead atoms. The molecule has 20 heavy (non-hydrogen) atoms. The minimum Gasteiger partial charge on any atom is -0.507 e. The number of hydrogen-bond donors (Lipinski definition) is 3. The molecule has 1 aromatic carbocycles. The monoisotopic (exact) mass is 281 g/mol. The van der Waals surface area contributed by atoms with Crippen LogP contribution in [0, 0.1) is 5.41 Å². The molecule has 1 atom stereocenters. The fraction of sp³-hybridized carbons (Fsp3) is 0.429. The normalized spacial score (nSPS) is 13.3. The zero-order valence-electron chi connectivity index (χ0n) is 11.8. The largest absolute Gasteiger partial charge is 0.507 e. The Labute approximate surface area is 117 Å². The second-order valence-corrected chi connectivity index (χ2v) is 4.79. The quantitative estimate of drug-likeness (QED) is 0.736. The van der Waals surface area contributed by atoms with Crippen molar-refractivity contribution in [2.75, 3.05) is 13.7 Å². The van der Waals surface area contributed by atoms with E-state index in [2.05, 4.69) is 5.32 Å². The van der Waals surface area contributed by atoms with Gasteiger partial charge in [-0.2, -0.15) is 0 Å². The lowest BCUT2D eigenvalue weighted by molar-refractivity contribution is -0.147. The summed E-state index contributed by atoms with van der Waals surface area (Å²) in [6, 6.07) is 4.28. The van der Waals surface area contributed by atoms with E-state index in [0.29, 0.717) is 12.2 Å². The van der Waals surface area contributed by atoms with E-state index in [1.165, 1.54) is 25.3 Å². The molecule has 0 aliphatic rings. The molecule has 0 radical (unpaired) electrons. The number of methoxy groups -OCH3 is 1. The molecule has 0 aromatic heterocycles. The third kappa shape index (κ3) is 3.40. The smallest absolute Gasteiger partial charge is 0.311 e. The van der Waals surface area contributed by atoms with E-state index in [4.69, 9.17) is 9.84 Å². The van der Waals surface area contributed by atoms with E-state index in [1.54, 1.807) is 13.8 Å². The molecule has 1 rings (SSSR count). The predicted octanol–water partition coefficient (Wildman–Crippen LogP) is 1.63. The molecule has 3 N–H and O–H groups in total. The van der Waals surface area contributed by atoms with Crippen molar-refractivity contribution in [1.82, 2.24) is 5.32 Å². The van der Waals surface area contributed by atoms with Crippen molar-refractivity contribution in [2.24, 2.45) is 5.41 Å². The maximum atomic E-state index is 12.0. The van der Waals surface area contributed by atoms with E-state index in [1.807, 2.05) is 0 Å². The highest BCUT2D eigenvalue weighted by molar-refractivity contribution is 5.97. The molecule has 0 saturated carbocycles. The lowest BCUT2D eigenvalue weighted by atomic mass is 9.87. The van der Waals surface area contributed by atoms with Gasteiger partial charge in [0.05, 0.1) is 18.1 Å². The number of aliphatic carboxylic acids is 1. The number of ether oxygens (including phenoxy) is 1. The number of aromatic hydroxyl groups is 1. The van der Waals surface area contributed by atoms with Crippen LogP contribution in [-0.2, 0) is 4.79 Å². The summed E-state index contributed by atoms with van der Waals surface area (Å²) < 4.78 is 4.98. The molecule has 0 fully saturated rings. The molecule has 0 heterocycles. The molecule has 1 unspecified atom stereocenters. The highest BCUT2D eigenvalue weighted by atomic mass is 16.5. The number of phenols is 1. The lowest BCUT2D eigenvalue weighted by Crippen LogP contribution is -2.40. The number of phenolic OH excluding ortho intramolecular Hbond substituents is 1. The van der Waals surface area contributed by atoms with E-state index < -0.39 is 17.3 Å². The molecule has 0 aliphatic heterocycles. The molecule has 1 aromatic rings. The van der Waals surface area contributed by atoms with E-state index in [9.17, 15) is 14.7 Å². The Morgan fingerprint density at radius 2 is 2.05 bits per heavy atom. The predicted molar refractivity (Wildman–Crippen MR) is 73.0 cm³/mol. The van der Waals surface area contributed by atoms with Gasteiger partial charge in [-0.1, -0.05) is 6.92 Å². The number of carboxylic acid groups (broad SMARTS) is 1. The number of rotatable bonds is 6. The van der Waals surface area contributed by atoms with Crippen molar-refractivity contribution in [1.29, 1.82) is 0 Å². The lowest BCUT2D eigenvalue weighted by Gasteiger charge is -2.23. The van der Waals surface area contributed by atoms with Crippen LogP contribution >= 0.6 is 0 Å². The third-order valence-electron chi connectivity index (χ3n) is 3.38. The number of benzene rings is 1. The van der Waals surface area contributed by atoms with Crippen molar-refractivity contribution in [2.45, 2.75) is 20.3 Å². The summed E-state index contributed by atoms with van der Waals surface area (Å²) in [5.74, 6) is -1.27. The number of amides is 1. The SMILES string of the molecule is CCC(C)(CNC(=O)c1cc(OC)ccc1O)C(=O)O. The number of hydrogen-bond acceptors (Lipinski definition) is 4. The second-order valence-electron chi connectivity index (χ2n) is 4.79. The zero-order chi connectivity index (χ0) is 15.3. The van der Waals surface area contributed by atoms with Crippen LogP contribution in [0.3, 0.4) is 0 Å². The van der Waals surface area contributed by atoms with Crippen molar-refractivity contribution < 1.29 is 24.5 Å². The van der Waals surface area contributed by atoms with Crippen LogP contribution in [-0.4, -0.2) is 35.7 Å². The molecule has 0 aliphatic carbocycles. The summed E-state index contributed by atoms with van der Waals surface area (Å²) in [4.78, 5) is 23.1. The summed E-state index contributed by atoms with van der Waals surface area (Å²) in [5.41, 5.74) is -0.988. The van der Waals surface area contributed by atoms with Crippen molar-refractivity contribution in [3.8, 4) is 11.5 Å². The van der Waals surface area contributed by atoms with Gasteiger partial charge in [-0.25, -0.2) is 0 Å². The Hall–Kier alpha value is -2.24. The van der Waals surface area contributed by atoms with Gasteiger partial charge in [0.25, 0.3) is 5.91 Å². The highest BCUT2D eigenvalue weighted by Crippen LogP contribution is 2.24. The molecular formula is C14H19NO5. The minimum atomic E-state index is -1.04. The average Bonchev–Trinajstić information content (AvgIpc) is 2.44. The fourth-order valence-electron chi connectivity index (χ4n) is 1.55. The van der Waals surface area contributed by atoms with Crippen LogP contribution in [0.25, 0.3) is 0 Å². The van der Waals surface area contributed by atoms with Crippen LogP contribution in [0.4, 0.5) is 0 Å². The van der Waals surface area contributed by atoms with Crippen molar-refractivity contribution in [3.05, 3.63) is 23.8 Å². The number of carbonyl (C=O) groups is 2. The van der Waals surface area contributed by atoms with Gasteiger partial charge in [-0.05, 0) is 31.5 Å². The van der Waals surface area contributed by atoms with Gasteiger partial charge in [0.2, 0.25) is 0 Å². The molecule has 6 nitrogen and oxygen atoms in total. The Bertz CT molecular complexity index is 514. The Morgan fingerprint density at radius 1 is 1.40 bits per heavy atom. The maximum absolute atomic E-state index is 12.0. The first-order valence-electron chi connectivity index (χ1n) is 6.22. The van der Waals surface area contributed by atoms with Crippen molar-refractivity contribution >= 4 is 11.9 Å². The van der Waals surface area contributed by atoms with E-state index in [-0.39, 0.29) is 17.9 Å². The van der Waals surface area contributed by atoms with Crippen LogP contribution < -0.4 is 10.1 Å². The van der Waals surface area contributed by atoms with Gasteiger partial charge in [0.1, 0.15) is 11.5 Å². The molecule has 0 saturated heterocycles. The van der Waals surface area contributed by atoms with Gasteiger partial charge in [-0.3, -0.25) is 9.59 Å². The molecule has 6 heteroatoms. The van der Waals surface area contributed by atoms with Crippen molar-refractivity contribution in [3.63, 3.8) is 0 Å². The van der Waals surface area contributed by atoms with E-state index >= 15 is 0 Å². The highest BCUT2D eigenvalue weighted by Gasteiger charge is 2.31. The van der Waals surface area contributed by atoms with Gasteiger partial charge in [0, 0.05) is 6.54 Å². The molecule has 1 amide bonds. The molecule has 0 spiro atoms. The van der Waals surface area contributed by atoms with Gasteiger partial charge >= 0.3 is 5.97 Å². The zero-order valence-corrected chi connectivity index (χ0v) is 11.8. The average molecular weight is 281 g/mol. The summed E-state index contributed by atoms with van der Waals surface area (Å²) in [6.45, 7) is 3.28. The first-order valence-corrected chi connectivity index (χ1v) is 6.22. The van der Waals surface area contributed by atoms with Crippen LogP contribution in [0.1, 0.15) is 30.6 Å². The summed E-state index contributed by atoms with van der Waals surface area (Å²) in [5, 5.41) is 21.3. The first-order chi connectivity index (χ1) is 9.34. The summed E-state index contributed by atoms with van der Waals surface area (Å²) in [6.07, 6.45) is 0.382. The summed E-state index contributed by atoms with van der Waals surface area (Å²) in [7, 11) is 1.45. The Kier molecular flexibility index (Phi) is 4.96. The summed E-state index contributed by atoms with van der Waals surface area (Å²) >= 11 is 0. The standard InChI is InChI=1S/C14H19NO5/c1-4-14(2,13(18)19)8-15-12(17)10-7-9(20-3)5-6-11(10)16/h5-7,16H,4,8H2,1-3H3,(H,15,17)(H,18,19). The number of carboxylic acids is 1. The Morgan fingerprint density at radius 3 is 2.55 bits per heavy atom. The topological polar surface area (TPSA) is 95.9 Å². The maximum Gasteiger partial charge on any atom is 0.311 e. The second kappa shape index (κ2) is 6.27. The van der Waals surface area contributed by atoms with Crippen LogP contribution in [0.5, 0.6) is 11.5 Å². The fourth-order valence-corrected chi connectivity index (χ4v) is 1.55. The number of nitrogens with one attached hydrogen (secondary N) is 1. The third-order valence-corrected chi connectivity index (χ3v) is 3.38.